The summed E-state index contributed by atoms with van der Waals surface area (Å²) in [5, 5.41) is 5.96. The summed E-state index contributed by atoms with van der Waals surface area (Å²) in [6.45, 7) is 4.08. The molecule has 0 bridgehead atoms. The van der Waals surface area contributed by atoms with E-state index >= 15 is 0 Å². The number of halogens is 1. The first-order valence-electron chi connectivity index (χ1n) is 10.1. The number of rotatable bonds is 5. The van der Waals surface area contributed by atoms with Gasteiger partial charge in [0.25, 0.3) is 11.8 Å². The van der Waals surface area contributed by atoms with Gasteiger partial charge in [-0.1, -0.05) is 41.9 Å². The van der Waals surface area contributed by atoms with E-state index in [9.17, 15) is 9.59 Å². The Bertz CT molecular complexity index is 1310. The van der Waals surface area contributed by atoms with E-state index in [2.05, 4.69) is 10.6 Å². The minimum Gasteiger partial charge on any atom is -0.451 e. The number of furan rings is 1. The van der Waals surface area contributed by atoms with Crippen LogP contribution in [0.4, 0.5) is 11.4 Å². The summed E-state index contributed by atoms with van der Waals surface area (Å²) in [5.74, 6) is 0.112. The predicted octanol–water partition coefficient (Wildman–Crippen LogP) is 6.72. The largest absolute Gasteiger partial charge is 0.451 e. The van der Waals surface area contributed by atoms with E-state index in [0.717, 1.165) is 11.1 Å². The van der Waals surface area contributed by atoms with Crippen LogP contribution in [0.15, 0.2) is 83.3 Å². The molecule has 5 nitrogen and oxygen atoms in total. The minimum atomic E-state index is -0.380. The van der Waals surface area contributed by atoms with Crippen LogP contribution >= 0.6 is 11.6 Å². The van der Waals surface area contributed by atoms with Gasteiger partial charge in [0.05, 0.1) is 10.6 Å². The molecule has 6 heteroatoms. The van der Waals surface area contributed by atoms with Crippen molar-refractivity contribution in [1.29, 1.82) is 0 Å². The molecule has 0 aliphatic heterocycles. The third kappa shape index (κ3) is 4.74. The predicted molar refractivity (Wildman–Crippen MR) is 127 cm³/mol. The Labute approximate surface area is 191 Å². The fourth-order valence-corrected chi connectivity index (χ4v) is 3.44. The van der Waals surface area contributed by atoms with E-state index in [1.807, 2.05) is 32.0 Å². The van der Waals surface area contributed by atoms with Gasteiger partial charge in [0, 0.05) is 16.9 Å². The summed E-state index contributed by atoms with van der Waals surface area (Å²) in [6, 6.07) is 23.1. The number of carbonyl (C=O) groups excluding carboxylic acids is 2. The van der Waals surface area contributed by atoms with E-state index < -0.39 is 0 Å². The number of benzene rings is 3. The molecule has 0 fully saturated rings. The van der Waals surface area contributed by atoms with Crippen LogP contribution < -0.4 is 10.6 Å². The van der Waals surface area contributed by atoms with Gasteiger partial charge in [-0.15, -0.1) is 0 Å². The first kappa shape index (κ1) is 21.4. The van der Waals surface area contributed by atoms with Gasteiger partial charge >= 0.3 is 0 Å². The van der Waals surface area contributed by atoms with Gasteiger partial charge in [-0.25, -0.2) is 0 Å². The Morgan fingerprint density at radius 3 is 2.19 bits per heavy atom. The van der Waals surface area contributed by atoms with Crippen LogP contribution in [0.3, 0.4) is 0 Å². The molecule has 4 rings (SSSR count). The van der Waals surface area contributed by atoms with Crippen LogP contribution in [0.2, 0.25) is 5.02 Å². The number of amides is 2. The first-order valence-corrected chi connectivity index (χ1v) is 10.4. The molecule has 0 aliphatic carbocycles. The summed E-state index contributed by atoms with van der Waals surface area (Å²) >= 11 is 6.09. The lowest BCUT2D eigenvalue weighted by Crippen LogP contribution is -2.14. The monoisotopic (exact) mass is 444 g/mol. The average Bonchev–Trinajstić information content (AvgIpc) is 3.27. The Balaban J connectivity index is 1.46. The second kappa shape index (κ2) is 9.12. The van der Waals surface area contributed by atoms with Crippen molar-refractivity contribution in [1.82, 2.24) is 0 Å². The maximum Gasteiger partial charge on any atom is 0.291 e. The molecule has 0 spiro atoms. The maximum absolute atomic E-state index is 12.7. The lowest BCUT2D eigenvalue weighted by atomic mass is 10.1. The highest BCUT2D eigenvalue weighted by atomic mass is 35.5. The summed E-state index contributed by atoms with van der Waals surface area (Å²) in [4.78, 5) is 25.1. The van der Waals surface area contributed by atoms with Crippen molar-refractivity contribution in [3.8, 4) is 11.3 Å². The SMILES string of the molecule is Cc1ccc(-c2ccc(C(=O)Nc3cccc(NC(=O)c4ccccc4Cl)c3)o2)cc1C. The molecular formula is C26H21ClN2O3. The normalized spacial score (nSPS) is 10.6. The molecule has 0 saturated carbocycles. The molecule has 1 heterocycles. The average molecular weight is 445 g/mol. The highest BCUT2D eigenvalue weighted by Crippen LogP contribution is 2.25. The molecular weight excluding hydrogens is 424 g/mol. The van der Waals surface area contributed by atoms with E-state index in [1.165, 1.54) is 5.56 Å². The molecule has 32 heavy (non-hydrogen) atoms. The summed E-state index contributed by atoms with van der Waals surface area (Å²) in [7, 11) is 0. The highest BCUT2D eigenvalue weighted by molar-refractivity contribution is 6.34. The molecule has 0 aliphatic rings. The molecule has 0 radical (unpaired) electrons. The van der Waals surface area contributed by atoms with Crippen molar-refractivity contribution in [2.24, 2.45) is 0 Å². The minimum absolute atomic E-state index is 0.198. The topological polar surface area (TPSA) is 71.3 Å². The molecule has 0 atom stereocenters. The maximum atomic E-state index is 12.7. The van der Waals surface area contributed by atoms with Crippen LogP contribution in [0.5, 0.6) is 0 Å². The third-order valence-electron chi connectivity index (χ3n) is 5.12. The van der Waals surface area contributed by atoms with Crippen molar-refractivity contribution < 1.29 is 14.0 Å². The van der Waals surface area contributed by atoms with Gasteiger partial charge in [-0.3, -0.25) is 9.59 Å². The molecule has 0 unspecified atom stereocenters. The summed E-state index contributed by atoms with van der Waals surface area (Å²) < 4.78 is 5.77. The molecule has 1 aromatic heterocycles. The van der Waals surface area contributed by atoms with Crippen LogP contribution in [0.1, 0.15) is 32.0 Å². The van der Waals surface area contributed by atoms with Crippen molar-refractivity contribution in [2.45, 2.75) is 13.8 Å². The van der Waals surface area contributed by atoms with Crippen molar-refractivity contribution >= 4 is 34.8 Å². The van der Waals surface area contributed by atoms with Gasteiger partial charge in [0.15, 0.2) is 5.76 Å². The number of aryl methyl sites for hydroxylation is 2. The fourth-order valence-electron chi connectivity index (χ4n) is 3.22. The van der Waals surface area contributed by atoms with E-state index in [-0.39, 0.29) is 17.6 Å². The van der Waals surface area contributed by atoms with E-state index in [1.54, 1.807) is 60.7 Å². The standard InChI is InChI=1S/C26H21ClN2O3/c1-16-10-11-18(14-17(16)2)23-12-13-24(32-23)26(31)29-20-7-5-6-19(15-20)28-25(30)21-8-3-4-9-22(21)27/h3-15H,1-2H3,(H,28,30)(H,29,31). The zero-order chi connectivity index (χ0) is 22.7. The van der Waals surface area contributed by atoms with Gasteiger partial charge < -0.3 is 15.1 Å². The van der Waals surface area contributed by atoms with Gasteiger partial charge in [0.2, 0.25) is 0 Å². The lowest BCUT2D eigenvalue weighted by Gasteiger charge is -2.09. The Kier molecular flexibility index (Phi) is 6.10. The van der Waals surface area contributed by atoms with Crippen LogP contribution in [0, 0.1) is 13.8 Å². The van der Waals surface area contributed by atoms with Crippen LogP contribution in [-0.4, -0.2) is 11.8 Å². The number of carbonyl (C=O) groups is 2. The molecule has 3 aromatic carbocycles. The molecule has 2 N–H and O–H groups in total. The molecule has 0 saturated heterocycles. The quantitative estimate of drug-likeness (QED) is 0.359. The zero-order valence-electron chi connectivity index (χ0n) is 17.6. The number of nitrogens with one attached hydrogen (secondary N) is 2. The van der Waals surface area contributed by atoms with Crippen molar-refractivity contribution in [2.75, 3.05) is 10.6 Å². The summed E-state index contributed by atoms with van der Waals surface area (Å²) in [5.41, 5.74) is 4.69. The van der Waals surface area contributed by atoms with E-state index in [0.29, 0.717) is 27.7 Å². The van der Waals surface area contributed by atoms with Crippen molar-refractivity contribution in [3.05, 3.63) is 106 Å². The fraction of sp³-hybridized carbons (Fsp3) is 0.0769. The van der Waals surface area contributed by atoms with Crippen molar-refractivity contribution in [3.63, 3.8) is 0 Å². The second-order valence-corrected chi connectivity index (χ2v) is 7.84. The summed E-state index contributed by atoms with van der Waals surface area (Å²) in [6.07, 6.45) is 0. The molecule has 2 amide bonds. The van der Waals surface area contributed by atoms with Gasteiger partial charge in [0.1, 0.15) is 5.76 Å². The lowest BCUT2D eigenvalue weighted by molar-refractivity contribution is 0.0995. The van der Waals surface area contributed by atoms with Crippen LogP contribution in [0.25, 0.3) is 11.3 Å². The number of anilines is 2. The highest BCUT2D eigenvalue weighted by Gasteiger charge is 2.14. The van der Waals surface area contributed by atoms with Crippen LogP contribution in [-0.2, 0) is 0 Å². The van der Waals surface area contributed by atoms with Gasteiger partial charge in [-0.2, -0.15) is 0 Å². The molecule has 160 valence electrons. The van der Waals surface area contributed by atoms with Gasteiger partial charge in [-0.05, 0) is 73.5 Å². The Hall–Kier alpha value is -3.83. The Morgan fingerprint density at radius 2 is 1.47 bits per heavy atom. The second-order valence-electron chi connectivity index (χ2n) is 7.43. The molecule has 4 aromatic rings. The third-order valence-corrected chi connectivity index (χ3v) is 5.45. The number of hydrogen-bond acceptors (Lipinski definition) is 3. The van der Waals surface area contributed by atoms with E-state index in [4.69, 9.17) is 16.0 Å². The first-order chi connectivity index (χ1) is 15.4. The number of hydrogen-bond donors (Lipinski definition) is 2. The smallest absolute Gasteiger partial charge is 0.291 e. The Morgan fingerprint density at radius 1 is 0.750 bits per heavy atom. The zero-order valence-corrected chi connectivity index (χ0v) is 18.4.